The van der Waals surface area contributed by atoms with Crippen molar-refractivity contribution in [1.29, 1.82) is 0 Å². The number of ketones is 1. The van der Waals surface area contributed by atoms with Gasteiger partial charge in [-0.25, -0.2) is 23.5 Å². The first kappa shape index (κ1) is 30.7. The first-order chi connectivity index (χ1) is 21.1. The van der Waals surface area contributed by atoms with E-state index >= 15 is 4.39 Å². The van der Waals surface area contributed by atoms with Crippen molar-refractivity contribution in [2.75, 3.05) is 13.2 Å². The number of benzene rings is 3. The van der Waals surface area contributed by atoms with Gasteiger partial charge in [-0.05, 0) is 41.8 Å². The number of hydrogen-bond donors (Lipinski definition) is 1. The second-order valence-corrected chi connectivity index (χ2v) is 10.9. The third kappa shape index (κ3) is 7.08. The molecule has 1 aliphatic heterocycles. The van der Waals surface area contributed by atoms with Gasteiger partial charge in [0.25, 0.3) is 0 Å². The molecule has 0 radical (unpaired) electrons. The van der Waals surface area contributed by atoms with E-state index in [1.54, 1.807) is 67.8 Å². The summed E-state index contributed by atoms with van der Waals surface area (Å²) < 4.78 is 35.6. The molecule has 11 heteroatoms. The zero-order valence-electron chi connectivity index (χ0n) is 23.7. The normalized spacial score (nSPS) is 16.1. The van der Waals surface area contributed by atoms with Gasteiger partial charge in [0.2, 0.25) is 5.91 Å². The van der Waals surface area contributed by atoms with Crippen LogP contribution in [-0.4, -0.2) is 63.0 Å². The summed E-state index contributed by atoms with van der Waals surface area (Å²) in [4.78, 5) is 47.6. The number of halogens is 3. The van der Waals surface area contributed by atoms with E-state index in [0.29, 0.717) is 33.1 Å². The quantitative estimate of drug-likeness (QED) is 0.244. The molecule has 2 atom stereocenters. The predicted octanol–water partition coefficient (Wildman–Crippen LogP) is 5.67. The largest absolute Gasteiger partial charge is 0.482 e. The van der Waals surface area contributed by atoms with E-state index < -0.39 is 42.3 Å². The Labute approximate surface area is 257 Å². The molecular formula is C33H28ClF2N3O5. The molecule has 44 heavy (non-hydrogen) atoms. The summed E-state index contributed by atoms with van der Waals surface area (Å²) in [5, 5.41) is 9.42. The van der Waals surface area contributed by atoms with Gasteiger partial charge in [0.1, 0.15) is 23.6 Å². The van der Waals surface area contributed by atoms with Crippen LogP contribution in [0.3, 0.4) is 0 Å². The van der Waals surface area contributed by atoms with Crippen LogP contribution in [0.25, 0.3) is 22.3 Å². The summed E-state index contributed by atoms with van der Waals surface area (Å²) in [6.45, 7) is 0.864. The monoisotopic (exact) mass is 619 g/mol. The lowest BCUT2D eigenvalue weighted by atomic mass is 9.96. The molecular weight excluding hydrogens is 592 g/mol. The van der Waals surface area contributed by atoms with E-state index in [9.17, 15) is 18.8 Å². The molecule has 1 N–H and O–H groups in total. The summed E-state index contributed by atoms with van der Waals surface area (Å²) in [6, 6.07) is 15.2. The second-order valence-electron chi connectivity index (χ2n) is 10.5. The highest BCUT2D eigenvalue weighted by Gasteiger charge is 2.39. The summed E-state index contributed by atoms with van der Waals surface area (Å²) in [5.41, 5.74) is 2.50. The number of carbonyl (C=O) groups excluding carboxylic acids is 2. The van der Waals surface area contributed by atoms with E-state index in [-0.39, 0.29) is 42.7 Å². The van der Waals surface area contributed by atoms with Crippen LogP contribution >= 0.6 is 11.6 Å². The van der Waals surface area contributed by atoms with Gasteiger partial charge in [-0.2, -0.15) is 0 Å². The molecule has 0 unspecified atom stereocenters. The number of ether oxygens (including phenoxy) is 1. The van der Waals surface area contributed by atoms with Crippen LogP contribution in [0, 0.1) is 12.7 Å². The Hall–Kier alpha value is -4.70. The van der Waals surface area contributed by atoms with Crippen molar-refractivity contribution < 1.29 is 33.0 Å². The van der Waals surface area contributed by atoms with E-state index in [1.807, 2.05) is 0 Å². The van der Waals surface area contributed by atoms with Gasteiger partial charge in [-0.1, -0.05) is 54.1 Å². The number of carboxylic acid groups (broad SMARTS) is 1. The molecule has 2 heterocycles. The fourth-order valence-corrected chi connectivity index (χ4v) is 5.49. The lowest BCUT2D eigenvalue weighted by molar-refractivity contribution is -0.139. The average Bonchev–Trinajstić information content (AvgIpc) is 3.40. The third-order valence-electron chi connectivity index (χ3n) is 7.35. The van der Waals surface area contributed by atoms with E-state index in [4.69, 9.17) is 21.4 Å². The fraction of sp³-hybridized carbons (Fsp3) is 0.242. The number of alkyl halides is 1. The Morgan fingerprint density at radius 3 is 2.45 bits per heavy atom. The van der Waals surface area contributed by atoms with Crippen molar-refractivity contribution in [2.45, 2.75) is 38.4 Å². The number of aryl methyl sites for hydroxylation is 1. The molecule has 1 amide bonds. The lowest BCUT2D eigenvalue weighted by Crippen LogP contribution is -2.42. The lowest BCUT2D eigenvalue weighted by Gasteiger charge is -2.24. The molecule has 0 bridgehead atoms. The highest BCUT2D eigenvalue weighted by molar-refractivity contribution is 6.33. The number of carboxylic acids is 1. The maximum absolute atomic E-state index is 15.5. The van der Waals surface area contributed by atoms with Crippen LogP contribution in [0.2, 0.25) is 5.02 Å². The van der Waals surface area contributed by atoms with Crippen molar-refractivity contribution in [2.24, 2.45) is 0 Å². The molecule has 0 saturated carbocycles. The van der Waals surface area contributed by atoms with Crippen molar-refractivity contribution in [1.82, 2.24) is 14.9 Å². The molecule has 1 aromatic heterocycles. The van der Waals surface area contributed by atoms with Crippen LogP contribution in [0.4, 0.5) is 8.78 Å². The second kappa shape index (κ2) is 13.3. The molecule has 3 aromatic carbocycles. The van der Waals surface area contributed by atoms with Crippen LogP contribution in [0.5, 0.6) is 5.75 Å². The average molecular weight is 620 g/mol. The topological polar surface area (TPSA) is 110 Å². The van der Waals surface area contributed by atoms with Gasteiger partial charge in [0.05, 0.1) is 19.0 Å². The number of hydrogen-bond acceptors (Lipinski definition) is 6. The fourth-order valence-electron chi connectivity index (χ4n) is 5.25. The molecule has 0 spiro atoms. The molecule has 4 aromatic rings. The number of rotatable bonds is 10. The number of aromatic nitrogens is 2. The van der Waals surface area contributed by atoms with Crippen molar-refractivity contribution >= 4 is 29.3 Å². The zero-order chi connectivity index (χ0) is 31.4. The van der Waals surface area contributed by atoms with Crippen LogP contribution < -0.4 is 4.74 Å². The zero-order valence-corrected chi connectivity index (χ0v) is 24.4. The van der Waals surface area contributed by atoms with Gasteiger partial charge >= 0.3 is 5.97 Å². The van der Waals surface area contributed by atoms with Crippen molar-refractivity contribution in [3.8, 4) is 28.0 Å². The first-order valence-electron chi connectivity index (χ1n) is 13.8. The number of nitrogens with zero attached hydrogens (tertiary/aromatic N) is 3. The third-order valence-corrected chi connectivity index (χ3v) is 7.68. The Morgan fingerprint density at radius 2 is 1.73 bits per heavy atom. The highest BCUT2D eigenvalue weighted by atomic mass is 35.5. The maximum atomic E-state index is 15.5. The number of amides is 1. The van der Waals surface area contributed by atoms with Gasteiger partial charge in [0.15, 0.2) is 12.4 Å². The standard InChI is InChI=1S/C33H28ClF2N3O5/c1-19-37-15-23(16-38-19)22-9-20(10-25(12-22)44-18-32(42)43)11-31(41)39-17-24(35)14-29(39)30(40)13-21-5-4-7-27(33(21)36)26-6-2-3-8-28(26)34/h2-10,12,15-16,24,29H,11,13-14,17-18H2,1H3,(H,42,43)/t24-,29+/m1/s1. The number of carbonyl (C=O) groups is 3. The van der Waals surface area contributed by atoms with Gasteiger partial charge in [-0.3, -0.25) is 9.59 Å². The Bertz CT molecular complexity index is 1720. The van der Waals surface area contributed by atoms with Gasteiger partial charge in [0, 0.05) is 46.9 Å². The molecule has 1 fully saturated rings. The van der Waals surface area contributed by atoms with Crippen LogP contribution in [0.15, 0.2) is 73.1 Å². The van der Waals surface area contributed by atoms with E-state index in [0.717, 1.165) is 0 Å². The number of Topliss-reactive ketones (excluding diaryl/α,β-unsaturated/α-hetero) is 1. The Kier molecular flexibility index (Phi) is 9.29. The summed E-state index contributed by atoms with van der Waals surface area (Å²) in [7, 11) is 0. The molecule has 1 saturated heterocycles. The van der Waals surface area contributed by atoms with Gasteiger partial charge in [-0.15, -0.1) is 0 Å². The predicted molar refractivity (Wildman–Crippen MR) is 160 cm³/mol. The number of aliphatic carboxylic acids is 1. The minimum Gasteiger partial charge on any atom is -0.482 e. The molecule has 5 rings (SSSR count). The molecule has 8 nitrogen and oxygen atoms in total. The SMILES string of the molecule is Cc1ncc(-c2cc(CC(=O)N3C[C@H](F)C[C@H]3C(=O)Cc3cccc(-c4ccccc4Cl)c3F)cc(OCC(=O)O)c2)cn1. The number of likely N-dealkylation sites (tertiary alicyclic amines) is 1. The molecule has 0 aliphatic carbocycles. The van der Waals surface area contributed by atoms with Crippen LogP contribution in [0.1, 0.15) is 23.4 Å². The van der Waals surface area contributed by atoms with E-state index in [2.05, 4.69) is 9.97 Å². The summed E-state index contributed by atoms with van der Waals surface area (Å²) in [5.74, 6) is -2.00. The summed E-state index contributed by atoms with van der Waals surface area (Å²) in [6.07, 6.45) is 1.03. The van der Waals surface area contributed by atoms with Crippen LogP contribution in [-0.2, 0) is 27.2 Å². The van der Waals surface area contributed by atoms with Gasteiger partial charge < -0.3 is 14.7 Å². The van der Waals surface area contributed by atoms with E-state index in [1.165, 1.54) is 17.0 Å². The highest BCUT2D eigenvalue weighted by Crippen LogP contribution is 2.32. The maximum Gasteiger partial charge on any atom is 0.341 e. The Morgan fingerprint density at radius 1 is 1.00 bits per heavy atom. The molecule has 226 valence electrons. The smallest absolute Gasteiger partial charge is 0.341 e. The minimum atomic E-state index is -1.42. The van der Waals surface area contributed by atoms with Crippen molar-refractivity contribution in [3.63, 3.8) is 0 Å². The first-order valence-corrected chi connectivity index (χ1v) is 14.2. The minimum absolute atomic E-state index is 0.121. The van der Waals surface area contributed by atoms with Crippen molar-refractivity contribution in [3.05, 3.63) is 101 Å². The summed E-state index contributed by atoms with van der Waals surface area (Å²) >= 11 is 6.26. The Balaban J connectivity index is 1.36. The molecule has 1 aliphatic rings.